The van der Waals surface area contributed by atoms with Crippen molar-refractivity contribution in [3.05, 3.63) is 37.7 Å². The van der Waals surface area contributed by atoms with Crippen LogP contribution in [0.3, 0.4) is 0 Å². The summed E-state index contributed by atoms with van der Waals surface area (Å²) in [5, 5.41) is 21.0. The van der Waals surface area contributed by atoms with Gasteiger partial charge in [0.25, 0.3) is 5.91 Å². The first kappa shape index (κ1) is 16.1. The lowest BCUT2D eigenvalue weighted by atomic mass is 10.2. The van der Waals surface area contributed by atoms with Crippen LogP contribution >= 0.6 is 15.9 Å². The van der Waals surface area contributed by atoms with Crippen molar-refractivity contribution in [2.24, 2.45) is 0 Å². The fourth-order valence-electron chi connectivity index (χ4n) is 1.97. The van der Waals surface area contributed by atoms with Crippen LogP contribution in [0.2, 0.25) is 0 Å². The Morgan fingerprint density at radius 2 is 2.27 bits per heavy atom. The lowest BCUT2D eigenvalue weighted by Crippen LogP contribution is -2.27. The summed E-state index contributed by atoms with van der Waals surface area (Å²) >= 11 is 3.04. The van der Waals surface area contributed by atoms with Gasteiger partial charge in [0.2, 0.25) is 0 Å². The molecule has 0 spiro atoms. The molecule has 0 unspecified atom stereocenters. The number of aromatic nitrogens is 4. The van der Waals surface area contributed by atoms with Gasteiger partial charge in [-0.3, -0.25) is 9.48 Å². The van der Waals surface area contributed by atoms with Gasteiger partial charge in [-0.2, -0.15) is 5.10 Å². The topological polar surface area (TPSA) is 110 Å². The molecule has 0 saturated carbocycles. The molecule has 0 aliphatic rings. The van der Waals surface area contributed by atoms with E-state index in [4.69, 9.17) is 0 Å². The fraction of sp³-hybridized carbons (Fsp3) is 0.417. The quantitative estimate of drug-likeness (QED) is 0.637. The minimum absolute atomic E-state index is 0.0188. The monoisotopic (exact) mass is 370 g/mol. The molecule has 0 atom stereocenters. The third kappa shape index (κ3) is 3.01. The van der Waals surface area contributed by atoms with Crippen LogP contribution in [0.5, 0.6) is 0 Å². The third-order valence-corrected chi connectivity index (χ3v) is 3.95. The summed E-state index contributed by atoms with van der Waals surface area (Å²) < 4.78 is 1.84. The van der Waals surface area contributed by atoms with Gasteiger partial charge in [0.15, 0.2) is 5.69 Å². The first-order chi connectivity index (χ1) is 10.3. The molecular weight excluding hydrogens is 356 g/mol. The number of aromatic amines is 1. The van der Waals surface area contributed by atoms with Crippen LogP contribution in [-0.4, -0.2) is 42.8 Å². The SMILES string of the molecule is CCn1cc(CN(C)C(=O)c2n[nH]c([N+](=O)[O-])c2Br)c(C)n1. The van der Waals surface area contributed by atoms with E-state index in [1.165, 1.54) is 4.90 Å². The molecule has 0 aliphatic heterocycles. The van der Waals surface area contributed by atoms with Crippen molar-refractivity contribution in [3.63, 3.8) is 0 Å². The van der Waals surface area contributed by atoms with Gasteiger partial charge in [0, 0.05) is 31.9 Å². The van der Waals surface area contributed by atoms with E-state index in [1.807, 2.05) is 20.0 Å². The summed E-state index contributed by atoms with van der Waals surface area (Å²) in [4.78, 5) is 23.9. The second-order valence-electron chi connectivity index (χ2n) is 4.75. The number of carbonyl (C=O) groups excluding carboxylic acids is 1. The number of hydrogen-bond acceptors (Lipinski definition) is 5. The Labute approximate surface area is 134 Å². The second kappa shape index (κ2) is 6.26. The van der Waals surface area contributed by atoms with Gasteiger partial charge in [0.1, 0.15) is 4.47 Å². The number of amides is 1. The number of H-pyrrole nitrogens is 1. The van der Waals surface area contributed by atoms with Crippen LogP contribution in [0.1, 0.15) is 28.7 Å². The predicted molar refractivity (Wildman–Crippen MR) is 81.4 cm³/mol. The molecular formula is C12H15BrN6O3. The van der Waals surface area contributed by atoms with Crippen LogP contribution in [0.4, 0.5) is 5.82 Å². The molecule has 0 bridgehead atoms. The van der Waals surface area contributed by atoms with Crippen molar-refractivity contribution in [1.82, 2.24) is 24.9 Å². The summed E-state index contributed by atoms with van der Waals surface area (Å²) in [7, 11) is 1.61. The second-order valence-corrected chi connectivity index (χ2v) is 5.54. The highest BCUT2D eigenvalue weighted by Crippen LogP contribution is 2.26. The highest BCUT2D eigenvalue weighted by molar-refractivity contribution is 9.10. The average Bonchev–Trinajstić information content (AvgIpc) is 3.01. The van der Waals surface area contributed by atoms with E-state index in [0.29, 0.717) is 6.54 Å². The van der Waals surface area contributed by atoms with Crippen molar-refractivity contribution < 1.29 is 9.72 Å². The number of nitrogens with one attached hydrogen (secondary N) is 1. The average molecular weight is 371 g/mol. The molecule has 0 aliphatic carbocycles. The summed E-state index contributed by atoms with van der Waals surface area (Å²) in [5.41, 5.74) is 1.74. The molecule has 0 fully saturated rings. The fourth-order valence-corrected chi connectivity index (χ4v) is 2.46. The largest absolute Gasteiger partial charge is 0.358 e. The lowest BCUT2D eigenvalue weighted by Gasteiger charge is -2.15. The van der Waals surface area contributed by atoms with Gasteiger partial charge in [0.05, 0.1) is 5.69 Å². The molecule has 9 nitrogen and oxygen atoms in total. The first-order valence-electron chi connectivity index (χ1n) is 6.51. The number of aryl methyl sites for hydroxylation is 2. The van der Waals surface area contributed by atoms with E-state index in [2.05, 4.69) is 31.2 Å². The summed E-state index contributed by atoms with van der Waals surface area (Å²) in [5.74, 6) is -0.758. The number of halogens is 1. The van der Waals surface area contributed by atoms with E-state index >= 15 is 0 Å². The Bertz CT molecular complexity index is 723. The molecule has 22 heavy (non-hydrogen) atoms. The van der Waals surface area contributed by atoms with Gasteiger partial charge in [-0.25, -0.2) is 0 Å². The smallest absolute Gasteiger partial charge is 0.357 e. The molecule has 2 rings (SSSR count). The Morgan fingerprint density at radius 3 is 2.77 bits per heavy atom. The zero-order valence-corrected chi connectivity index (χ0v) is 13.9. The number of hydrogen-bond donors (Lipinski definition) is 1. The van der Waals surface area contributed by atoms with Gasteiger partial charge < -0.3 is 15.0 Å². The molecule has 0 radical (unpaired) electrons. The van der Waals surface area contributed by atoms with E-state index in [1.54, 1.807) is 11.7 Å². The Kier molecular flexibility index (Phi) is 4.59. The van der Waals surface area contributed by atoms with E-state index in [0.717, 1.165) is 17.8 Å². The normalized spacial score (nSPS) is 10.7. The number of rotatable bonds is 5. The molecule has 0 aromatic carbocycles. The zero-order chi connectivity index (χ0) is 16.4. The maximum atomic E-state index is 12.4. The van der Waals surface area contributed by atoms with Gasteiger partial charge >= 0.3 is 5.82 Å². The number of nitro groups is 1. The van der Waals surface area contributed by atoms with Gasteiger partial charge in [-0.15, -0.1) is 5.10 Å². The minimum atomic E-state index is -0.636. The maximum absolute atomic E-state index is 12.4. The Morgan fingerprint density at radius 1 is 1.59 bits per heavy atom. The number of nitrogens with zero attached hydrogens (tertiary/aromatic N) is 5. The maximum Gasteiger partial charge on any atom is 0.357 e. The minimum Gasteiger partial charge on any atom is -0.358 e. The van der Waals surface area contributed by atoms with Crippen LogP contribution in [-0.2, 0) is 13.1 Å². The van der Waals surface area contributed by atoms with Gasteiger partial charge in [-0.05, 0) is 34.7 Å². The summed E-state index contributed by atoms with van der Waals surface area (Å²) in [6.45, 7) is 4.94. The first-order valence-corrected chi connectivity index (χ1v) is 7.31. The Hall–Kier alpha value is -2.23. The third-order valence-electron chi connectivity index (χ3n) is 3.20. The summed E-state index contributed by atoms with van der Waals surface area (Å²) in [6, 6.07) is 0. The van der Waals surface area contributed by atoms with Crippen LogP contribution in [0.15, 0.2) is 10.7 Å². The van der Waals surface area contributed by atoms with E-state index in [9.17, 15) is 14.9 Å². The zero-order valence-electron chi connectivity index (χ0n) is 12.3. The Balaban J connectivity index is 2.18. The molecule has 2 aromatic rings. The van der Waals surface area contributed by atoms with Crippen molar-refractivity contribution in [2.45, 2.75) is 26.9 Å². The van der Waals surface area contributed by atoms with Crippen LogP contribution in [0.25, 0.3) is 0 Å². The van der Waals surface area contributed by atoms with E-state index < -0.39 is 10.8 Å². The highest BCUT2D eigenvalue weighted by Gasteiger charge is 2.27. The molecule has 0 saturated heterocycles. The van der Waals surface area contributed by atoms with E-state index in [-0.39, 0.29) is 16.0 Å². The van der Waals surface area contributed by atoms with Crippen molar-refractivity contribution >= 4 is 27.7 Å². The molecule has 1 N–H and O–H groups in total. The lowest BCUT2D eigenvalue weighted by molar-refractivity contribution is -0.390. The van der Waals surface area contributed by atoms with Crippen LogP contribution < -0.4 is 0 Å². The van der Waals surface area contributed by atoms with Crippen molar-refractivity contribution in [1.29, 1.82) is 0 Å². The predicted octanol–water partition coefficient (Wildman–Crippen LogP) is 1.88. The van der Waals surface area contributed by atoms with Crippen molar-refractivity contribution in [3.8, 4) is 0 Å². The summed E-state index contributed by atoms with van der Waals surface area (Å²) in [6.07, 6.45) is 1.88. The molecule has 2 heterocycles. The molecule has 10 heteroatoms. The van der Waals surface area contributed by atoms with Crippen LogP contribution in [0, 0.1) is 17.0 Å². The highest BCUT2D eigenvalue weighted by atomic mass is 79.9. The van der Waals surface area contributed by atoms with Crippen molar-refractivity contribution in [2.75, 3.05) is 7.05 Å². The molecule has 118 valence electrons. The van der Waals surface area contributed by atoms with Gasteiger partial charge in [-0.1, -0.05) is 5.10 Å². The molecule has 1 amide bonds. The standard InChI is InChI=1S/C12H15BrN6O3/c1-4-18-6-8(7(2)16-18)5-17(3)12(20)10-9(13)11(15-14-10)19(21)22/h6H,4-5H2,1-3H3,(H,14,15). The number of carbonyl (C=O) groups is 1. The molecule has 2 aromatic heterocycles.